The molecule has 1 fully saturated rings. The van der Waals surface area contributed by atoms with E-state index in [4.69, 9.17) is 10.5 Å². The highest BCUT2D eigenvalue weighted by Gasteiger charge is 2.19. The predicted molar refractivity (Wildman–Crippen MR) is 77.2 cm³/mol. The molecule has 19 heavy (non-hydrogen) atoms. The zero-order valence-corrected chi connectivity index (χ0v) is 11.6. The summed E-state index contributed by atoms with van der Waals surface area (Å²) in [6, 6.07) is 5.67. The van der Waals surface area contributed by atoms with Crippen molar-refractivity contribution in [2.45, 2.75) is 38.6 Å². The van der Waals surface area contributed by atoms with Crippen molar-refractivity contribution >= 4 is 17.3 Å². The van der Waals surface area contributed by atoms with Gasteiger partial charge in [-0.05, 0) is 49.8 Å². The van der Waals surface area contributed by atoms with E-state index in [1.54, 1.807) is 18.2 Å². The van der Waals surface area contributed by atoms with Crippen LogP contribution in [0.15, 0.2) is 18.2 Å². The third-order valence-electron chi connectivity index (χ3n) is 3.85. The Bertz CT molecular complexity index is 451. The number of anilines is 2. The van der Waals surface area contributed by atoms with Crippen molar-refractivity contribution in [1.82, 2.24) is 0 Å². The first-order chi connectivity index (χ1) is 9.10. The summed E-state index contributed by atoms with van der Waals surface area (Å²) >= 11 is 0. The molecule has 1 saturated carbocycles. The molecule has 1 aromatic rings. The summed E-state index contributed by atoms with van der Waals surface area (Å²) in [5.41, 5.74) is 8.00. The molecule has 3 N–H and O–H groups in total. The van der Waals surface area contributed by atoms with Gasteiger partial charge in [-0.1, -0.05) is 6.92 Å². The van der Waals surface area contributed by atoms with E-state index in [1.807, 2.05) is 0 Å². The van der Waals surface area contributed by atoms with Crippen LogP contribution in [0.4, 0.5) is 11.4 Å². The standard InChI is InChI=1S/C15H22N2O2/c1-10-3-6-12(7-4-10)17-14-9-11(15(18)19-2)5-8-13(14)16/h5,8-10,12,17H,3-4,6-7,16H2,1-2H3. The Hall–Kier alpha value is -1.71. The van der Waals surface area contributed by atoms with E-state index >= 15 is 0 Å². The van der Waals surface area contributed by atoms with Gasteiger partial charge >= 0.3 is 5.97 Å². The number of esters is 1. The molecule has 1 aliphatic carbocycles. The third kappa shape index (κ3) is 3.40. The number of rotatable bonds is 3. The third-order valence-corrected chi connectivity index (χ3v) is 3.85. The highest BCUT2D eigenvalue weighted by Crippen LogP contribution is 2.28. The van der Waals surface area contributed by atoms with Gasteiger partial charge in [0.25, 0.3) is 0 Å². The number of carbonyl (C=O) groups is 1. The molecule has 0 atom stereocenters. The predicted octanol–water partition coefficient (Wildman–Crippen LogP) is 3.05. The number of hydrogen-bond acceptors (Lipinski definition) is 4. The van der Waals surface area contributed by atoms with E-state index in [9.17, 15) is 4.79 Å². The number of nitrogen functional groups attached to an aromatic ring is 1. The minimum atomic E-state index is -0.333. The minimum Gasteiger partial charge on any atom is -0.465 e. The molecule has 4 heteroatoms. The van der Waals surface area contributed by atoms with Crippen LogP contribution in [-0.4, -0.2) is 19.1 Å². The fraction of sp³-hybridized carbons (Fsp3) is 0.533. The number of carbonyl (C=O) groups excluding carboxylic acids is 1. The molecule has 0 aliphatic heterocycles. The molecule has 4 nitrogen and oxygen atoms in total. The molecule has 0 radical (unpaired) electrons. The molecule has 2 rings (SSSR count). The molecule has 1 aromatic carbocycles. The highest BCUT2D eigenvalue weighted by atomic mass is 16.5. The van der Waals surface area contributed by atoms with Gasteiger partial charge in [0.1, 0.15) is 0 Å². The van der Waals surface area contributed by atoms with E-state index in [0.29, 0.717) is 17.3 Å². The van der Waals surface area contributed by atoms with Crippen molar-refractivity contribution in [2.75, 3.05) is 18.2 Å². The zero-order chi connectivity index (χ0) is 13.8. The Morgan fingerprint density at radius 1 is 1.32 bits per heavy atom. The van der Waals surface area contributed by atoms with Crippen LogP contribution >= 0.6 is 0 Å². The van der Waals surface area contributed by atoms with Crippen molar-refractivity contribution < 1.29 is 9.53 Å². The molecule has 0 amide bonds. The Kier molecular flexibility index (Phi) is 4.30. The Labute approximate surface area is 114 Å². The largest absolute Gasteiger partial charge is 0.465 e. The lowest BCUT2D eigenvalue weighted by atomic mass is 9.87. The number of methoxy groups -OCH3 is 1. The van der Waals surface area contributed by atoms with Crippen molar-refractivity contribution in [3.63, 3.8) is 0 Å². The maximum atomic E-state index is 11.5. The van der Waals surface area contributed by atoms with E-state index in [-0.39, 0.29) is 5.97 Å². The maximum Gasteiger partial charge on any atom is 0.337 e. The molecule has 0 bridgehead atoms. The number of ether oxygens (including phenoxy) is 1. The van der Waals surface area contributed by atoms with Gasteiger partial charge in [0.15, 0.2) is 0 Å². The van der Waals surface area contributed by atoms with Crippen LogP contribution in [0.1, 0.15) is 43.0 Å². The summed E-state index contributed by atoms with van der Waals surface area (Å²) in [5.74, 6) is 0.483. The lowest BCUT2D eigenvalue weighted by Crippen LogP contribution is -2.25. The van der Waals surface area contributed by atoms with Crippen molar-refractivity contribution in [3.8, 4) is 0 Å². The first-order valence-corrected chi connectivity index (χ1v) is 6.84. The summed E-state index contributed by atoms with van der Waals surface area (Å²) in [7, 11) is 1.38. The smallest absolute Gasteiger partial charge is 0.337 e. The molecule has 1 aliphatic rings. The van der Waals surface area contributed by atoms with Crippen LogP contribution in [0.3, 0.4) is 0 Å². The van der Waals surface area contributed by atoms with Gasteiger partial charge in [-0.2, -0.15) is 0 Å². The topological polar surface area (TPSA) is 64.3 Å². The van der Waals surface area contributed by atoms with E-state index in [2.05, 4.69) is 12.2 Å². The summed E-state index contributed by atoms with van der Waals surface area (Å²) < 4.78 is 4.73. The Balaban J connectivity index is 2.08. The number of hydrogen-bond donors (Lipinski definition) is 2. The van der Waals surface area contributed by atoms with Crippen LogP contribution in [-0.2, 0) is 4.74 Å². The molecular weight excluding hydrogens is 240 g/mol. The maximum absolute atomic E-state index is 11.5. The molecular formula is C15H22N2O2. The van der Waals surface area contributed by atoms with E-state index in [1.165, 1.54) is 20.0 Å². The molecule has 0 heterocycles. The molecule has 0 unspecified atom stereocenters. The minimum absolute atomic E-state index is 0.333. The van der Waals surface area contributed by atoms with Gasteiger partial charge in [0, 0.05) is 6.04 Å². The first kappa shape index (κ1) is 13.7. The number of nitrogens with one attached hydrogen (secondary N) is 1. The summed E-state index contributed by atoms with van der Waals surface area (Å²) in [5, 5.41) is 3.46. The van der Waals surface area contributed by atoms with Crippen LogP contribution in [0.5, 0.6) is 0 Å². The number of benzene rings is 1. The Morgan fingerprint density at radius 2 is 2.00 bits per heavy atom. The fourth-order valence-electron chi connectivity index (χ4n) is 2.55. The van der Waals surface area contributed by atoms with E-state index in [0.717, 1.165) is 24.4 Å². The normalized spacial score (nSPS) is 22.8. The monoisotopic (exact) mass is 262 g/mol. The lowest BCUT2D eigenvalue weighted by Gasteiger charge is -2.28. The quantitative estimate of drug-likeness (QED) is 0.649. The van der Waals surface area contributed by atoms with Crippen LogP contribution in [0.25, 0.3) is 0 Å². The van der Waals surface area contributed by atoms with Crippen LogP contribution in [0.2, 0.25) is 0 Å². The molecule has 0 aromatic heterocycles. The van der Waals surface area contributed by atoms with Crippen molar-refractivity contribution in [3.05, 3.63) is 23.8 Å². The summed E-state index contributed by atoms with van der Waals surface area (Å²) in [6.45, 7) is 2.29. The molecule has 104 valence electrons. The van der Waals surface area contributed by atoms with Gasteiger partial charge in [0.2, 0.25) is 0 Å². The number of nitrogens with two attached hydrogens (primary N) is 1. The SMILES string of the molecule is COC(=O)c1ccc(N)c(NC2CCC(C)CC2)c1. The van der Waals surface area contributed by atoms with Gasteiger partial charge in [-0.15, -0.1) is 0 Å². The average Bonchev–Trinajstić information content (AvgIpc) is 2.43. The van der Waals surface area contributed by atoms with Gasteiger partial charge in [0.05, 0.1) is 24.0 Å². The molecule has 0 saturated heterocycles. The molecule has 0 spiro atoms. The second kappa shape index (κ2) is 5.95. The fourth-order valence-corrected chi connectivity index (χ4v) is 2.55. The van der Waals surface area contributed by atoms with Gasteiger partial charge < -0.3 is 15.8 Å². The van der Waals surface area contributed by atoms with Gasteiger partial charge in [-0.3, -0.25) is 0 Å². The van der Waals surface area contributed by atoms with Crippen molar-refractivity contribution in [1.29, 1.82) is 0 Å². The van der Waals surface area contributed by atoms with Crippen LogP contribution < -0.4 is 11.1 Å². The second-order valence-corrected chi connectivity index (χ2v) is 5.39. The zero-order valence-electron chi connectivity index (χ0n) is 11.6. The summed E-state index contributed by atoms with van der Waals surface area (Å²) in [6.07, 6.45) is 4.80. The highest BCUT2D eigenvalue weighted by molar-refractivity contribution is 5.91. The average molecular weight is 262 g/mol. The van der Waals surface area contributed by atoms with Crippen LogP contribution in [0, 0.1) is 5.92 Å². The Morgan fingerprint density at radius 3 is 2.63 bits per heavy atom. The summed E-state index contributed by atoms with van der Waals surface area (Å²) in [4.78, 5) is 11.5. The lowest BCUT2D eigenvalue weighted by molar-refractivity contribution is 0.0601. The van der Waals surface area contributed by atoms with E-state index < -0.39 is 0 Å². The van der Waals surface area contributed by atoms with Gasteiger partial charge in [-0.25, -0.2) is 4.79 Å². The first-order valence-electron chi connectivity index (χ1n) is 6.84. The van der Waals surface area contributed by atoms with Crippen molar-refractivity contribution in [2.24, 2.45) is 5.92 Å². The second-order valence-electron chi connectivity index (χ2n) is 5.39.